The topological polar surface area (TPSA) is 207 Å². The predicted molar refractivity (Wildman–Crippen MR) is 166 cm³/mol. The van der Waals surface area contributed by atoms with Gasteiger partial charge < -0.3 is 22.1 Å². The number of hydrogen-bond donors (Lipinski definition) is 8. The third kappa shape index (κ3) is 7.60. The molecule has 1 saturated heterocycles. The highest BCUT2D eigenvalue weighted by Crippen LogP contribution is 2.39. The molecule has 1 unspecified atom stereocenters. The Bertz CT molecular complexity index is 1300. The standard InChI is InChI=1S/C22H31N11O2S3.H2S/c1-33(37-35-26)20-18(38(34)31-15-7-8-27-11-15)6-5-17(19(20)21(24)30-32-25)13-3-2-4-14(9-13)28-22-29-16(10-23)12-36-22;/h2-6,9,12,15,27,31-32H,7-8,10-11,23,25-26H2,1H3,(H2,24,30)(H,28,29);1H2/t15-,38?;/m1./s1. The number of hydrogen-bond acceptors (Lipinski definition) is 13. The number of nitrogens with one attached hydrogen (secondary N) is 4. The Labute approximate surface area is 244 Å². The van der Waals surface area contributed by atoms with Gasteiger partial charge in [-0.15, -0.1) is 16.4 Å². The first-order valence-electron chi connectivity index (χ1n) is 11.6. The van der Waals surface area contributed by atoms with Gasteiger partial charge in [0.15, 0.2) is 11.0 Å². The minimum absolute atomic E-state index is 0. The summed E-state index contributed by atoms with van der Waals surface area (Å²) < 4.78 is 23.2. The molecule has 0 bridgehead atoms. The van der Waals surface area contributed by atoms with Crippen molar-refractivity contribution in [1.29, 1.82) is 0 Å². The summed E-state index contributed by atoms with van der Waals surface area (Å²) in [4.78, 5) is 4.96. The van der Waals surface area contributed by atoms with Crippen LogP contribution in [0.1, 0.15) is 17.7 Å². The van der Waals surface area contributed by atoms with Gasteiger partial charge in [0.1, 0.15) is 23.2 Å². The fourth-order valence-electron chi connectivity index (χ4n) is 4.08. The Hall–Kier alpha value is -2.45. The highest BCUT2D eigenvalue weighted by atomic mass is 32.2. The lowest BCUT2D eigenvalue weighted by Gasteiger charge is -2.25. The summed E-state index contributed by atoms with van der Waals surface area (Å²) in [6, 6.07) is 11.5. The maximum Gasteiger partial charge on any atom is 0.187 e. The van der Waals surface area contributed by atoms with Crippen LogP contribution >= 0.6 is 37.1 Å². The molecule has 2 aromatic carbocycles. The minimum Gasteiger partial charge on any atom is -0.382 e. The first kappa shape index (κ1) is 31.1. The summed E-state index contributed by atoms with van der Waals surface area (Å²) in [7, 11) is 0.166. The lowest BCUT2D eigenvalue weighted by Crippen LogP contribution is -2.33. The second kappa shape index (κ2) is 14.8. The zero-order valence-corrected chi connectivity index (χ0v) is 24.6. The van der Waals surface area contributed by atoms with Gasteiger partial charge in [0, 0.05) is 37.2 Å². The van der Waals surface area contributed by atoms with Crippen LogP contribution in [0.4, 0.5) is 16.5 Å². The summed E-state index contributed by atoms with van der Waals surface area (Å²) in [5.74, 6) is 10.9. The zero-order chi connectivity index (χ0) is 27.1. The van der Waals surface area contributed by atoms with Crippen molar-refractivity contribution in [2.75, 3.05) is 29.8 Å². The molecule has 1 aliphatic rings. The second-order valence-corrected chi connectivity index (χ2v) is 11.2. The molecule has 12 N–H and O–H groups in total. The molecule has 0 amide bonds. The number of benzene rings is 2. The molecule has 17 heteroatoms. The van der Waals surface area contributed by atoms with E-state index in [4.69, 9.17) is 27.5 Å². The van der Waals surface area contributed by atoms with Gasteiger partial charge in [0.2, 0.25) is 0 Å². The van der Waals surface area contributed by atoms with Crippen molar-refractivity contribution in [3.8, 4) is 11.1 Å². The van der Waals surface area contributed by atoms with Crippen LogP contribution in [0.5, 0.6) is 0 Å². The molecule has 2 atom stereocenters. The van der Waals surface area contributed by atoms with Gasteiger partial charge in [-0.25, -0.2) is 35.5 Å². The maximum absolute atomic E-state index is 13.5. The normalized spacial score (nSPS) is 16.0. The number of hydrazine groups is 1. The molecule has 1 fully saturated rings. The fourth-order valence-corrected chi connectivity index (χ4v) is 6.51. The number of rotatable bonds is 12. The van der Waals surface area contributed by atoms with Gasteiger partial charge in [-0.05, 0) is 42.3 Å². The summed E-state index contributed by atoms with van der Waals surface area (Å²) >= 11 is 2.34. The number of hydrazone groups is 1. The molecule has 39 heavy (non-hydrogen) atoms. The smallest absolute Gasteiger partial charge is 0.187 e. The van der Waals surface area contributed by atoms with E-state index in [1.165, 1.54) is 11.3 Å². The largest absolute Gasteiger partial charge is 0.382 e. The lowest BCUT2D eigenvalue weighted by atomic mass is 9.96. The molecule has 2 heterocycles. The van der Waals surface area contributed by atoms with Crippen molar-refractivity contribution in [2.45, 2.75) is 23.9 Å². The molecule has 0 radical (unpaired) electrons. The van der Waals surface area contributed by atoms with Gasteiger partial charge in [-0.3, -0.25) is 4.31 Å². The van der Waals surface area contributed by atoms with E-state index < -0.39 is 11.0 Å². The van der Waals surface area contributed by atoms with Crippen molar-refractivity contribution >= 4 is 70.4 Å². The van der Waals surface area contributed by atoms with Gasteiger partial charge in [-0.2, -0.15) is 13.5 Å². The second-order valence-electron chi connectivity index (χ2n) is 8.26. The summed E-state index contributed by atoms with van der Waals surface area (Å²) in [5.41, 5.74) is 18.6. The van der Waals surface area contributed by atoms with Crippen LogP contribution < -0.4 is 48.4 Å². The van der Waals surface area contributed by atoms with E-state index in [1.807, 2.05) is 35.7 Å². The average molecular weight is 612 g/mol. The number of nitrogens with zero attached hydrogens (tertiary/aromatic N) is 3. The van der Waals surface area contributed by atoms with Crippen LogP contribution in [0.3, 0.4) is 0 Å². The molecular weight excluding hydrogens is 579 g/mol. The van der Waals surface area contributed by atoms with Crippen LogP contribution in [0.15, 0.2) is 51.8 Å². The van der Waals surface area contributed by atoms with Crippen molar-refractivity contribution in [1.82, 2.24) is 20.6 Å². The third-order valence-corrected chi connectivity index (χ3v) is 8.35. The molecular formula is C22H33N11O2S4. The monoisotopic (exact) mass is 611 g/mol. The van der Waals surface area contributed by atoms with Crippen molar-refractivity contribution in [3.63, 3.8) is 0 Å². The number of nitrogens with two attached hydrogens (primary N) is 4. The number of aromatic nitrogens is 1. The quantitative estimate of drug-likeness (QED) is 0.0361. The van der Waals surface area contributed by atoms with Gasteiger partial charge in [0.25, 0.3) is 0 Å². The molecule has 1 aliphatic heterocycles. The summed E-state index contributed by atoms with van der Waals surface area (Å²) in [5, 5.41) is 13.3. The van der Waals surface area contributed by atoms with E-state index in [9.17, 15) is 4.21 Å². The molecule has 0 aliphatic carbocycles. The van der Waals surface area contributed by atoms with E-state index in [0.29, 0.717) is 22.7 Å². The molecule has 212 valence electrons. The Morgan fingerprint density at radius 2 is 2.21 bits per heavy atom. The van der Waals surface area contributed by atoms with Crippen LogP contribution in [0, 0.1) is 0 Å². The van der Waals surface area contributed by atoms with Crippen LogP contribution in [0.25, 0.3) is 11.1 Å². The first-order valence-corrected chi connectivity index (χ1v) is 14.3. The van der Waals surface area contributed by atoms with Crippen molar-refractivity contribution in [3.05, 3.63) is 53.0 Å². The molecule has 0 spiro atoms. The predicted octanol–water partition coefficient (Wildman–Crippen LogP) is 1.07. The molecule has 0 saturated carbocycles. The molecule has 13 nitrogen and oxygen atoms in total. The number of anilines is 3. The Kier molecular flexibility index (Phi) is 11.8. The molecule has 4 rings (SSSR count). The highest BCUT2D eigenvalue weighted by Gasteiger charge is 2.26. The Balaban J connectivity index is 0.00000420. The molecule has 3 aromatic rings. The lowest BCUT2D eigenvalue weighted by molar-refractivity contribution is 0.397. The van der Waals surface area contributed by atoms with Crippen molar-refractivity contribution < 1.29 is 8.49 Å². The van der Waals surface area contributed by atoms with Crippen LogP contribution in [-0.4, -0.2) is 41.2 Å². The first-order chi connectivity index (χ1) is 18.4. The number of amidine groups is 1. The zero-order valence-electron chi connectivity index (χ0n) is 21.1. The molecule has 1 aromatic heterocycles. The summed E-state index contributed by atoms with van der Waals surface area (Å²) in [6.07, 6.45) is 0.870. The van der Waals surface area contributed by atoms with E-state index in [2.05, 4.69) is 31.0 Å². The maximum atomic E-state index is 13.5. The van der Waals surface area contributed by atoms with E-state index in [-0.39, 0.29) is 25.4 Å². The highest BCUT2D eigenvalue weighted by molar-refractivity contribution is 7.96. The Morgan fingerprint density at radius 1 is 1.38 bits per heavy atom. The summed E-state index contributed by atoms with van der Waals surface area (Å²) in [6.45, 7) is 1.97. The van der Waals surface area contributed by atoms with E-state index in [0.717, 1.165) is 59.4 Å². The fraction of sp³-hybridized carbons (Fsp3) is 0.273. The average Bonchev–Trinajstić information content (AvgIpc) is 3.60. The van der Waals surface area contributed by atoms with Crippen molar-refractivity contribution in [2.24, 2.45) is 28.3 Å². The van der Waals surface area contributed by atoms with Crippen LogP contribution in [-0.2, 0) is 21.8 Å². The SMILES string of the molecule is CN(SON)c1c(S(=O)N[C@@H]2CCNC2)ccc(-c2cccc(Nc3nc(CN)cs3)c2)c1/C(N)=N/NN.S. The minimum atomic E-state index is -1.57. The van der Waals surface area contributed by atoms with Gasteiger partial charge in [0.05, 0.1) is 21.8 Å². The van der Waals surface area contributed by atoms with E-state index >= 15 is 0 Å². The van der Waals surface area contributed by atoms with E-state index in [1.54, 1.807) is 17.4 Å². The number of thiazole rings is 1. The van der Waals surface area contributed by atoms with Gasteiger partial charge in [-0.1, -0.05) is 18.2 Å². The van der Waals surface area contributed by atoms with Crippen LogP contribution in [0.2, 0.25) is 0 Å². The third-order valence-electron chi connectivity index (χ3n) is 5.77. The van der Waals surface area contributed by atoms with Gasteiger partial charge >= 0.3 is 0 Å². The Morgan fingerprint density at radius 3 is 2.87 bits per heavy atom.